The van der Waals surface area contributed by atoms with E-state index in [1.54, 1.807) is 23.1 Å². The van der Waals surface area contributed by atoms with Crippen LogP contribution in [0.1, 0.15) is 53.0 Å². The Kier molecular flexibility index (Phi) is 4.80. The van der Waals surface area contributed by atoms with Gasteiger partial charge >= 0.3 is 0 Å². The van der Waals surface area contributed by atoms with E-state index in [4.69, 9.17) is 13.7 Å². The second-order valence-corrected chi connectivity index (χ2v) is 6.10. The van der Waals surface area contributed by atoms with E-state index in [2.05, 4.69) is 5.16 Å². The molecule has 2 aromatic rings. The maximum Gasteiger partial charge on any atom is 0.276 e. The summed E-state index contributed by atoms with van der Waals surface area (Å²) < 4.78 is 15.8. The fourth-order valence-electron chi connectivity index (χ4n) is 2.65. The van der Waals surface area contributed by atoms with Crippen LogP contribution in [0.2, 0.25) is 0 Å². The van der Waals surface area contributed by atoms with E-state index in [0.29, 0.717) is 25.5 Å². The molecule has 1 amide bonds. The van der Waals surface area contributed by atoms with Gasteiger partial charge in [0, 0.05) is 24.9 Å². The van der Waals surface area contributed by atoms with Gasteiger partial charge in [0.1, 0.15) is 5.76 Å². The molecule has 1 fully saturated rings. The zero-order valence-electron chi connectivity index (χ0n) is 13.7. The highest BCUT2D eigenvalue weighted by Gasteiger charge is 2.32. The molecular formula is C17H20N2O5. The SMILES string of the molecule is CC(C)c1cc(C(=O)N2CCOCC2CC(=O)c2ccco2)no1. The zero-order valence-corrected chi connectivity index (χ0v) is 13.7. The molecule has 7 heteroatoms. The van der Waals surface area contributed by atoms with Crippen LogP contribution in [0, 0.1) is 0 Å². The van der Waals surface area contributed by atoms with E-state index in [1.807, 2.05) is 13.8 Å². The smallest absolute Gasteiger partial charge is 0.276 e. The molecule has 1 unspecified atom stereocenters. The number of morpholine rings is 1. The predicted molar refractivity (Wildman–Crippen MR) is 83.9 cm³/mol. The molecule has 2 aromatic heterocycles. The van der Waals surface area contributed by atoms with Gasteiger partial charge in [0.2, 0.25) is 0 Å². The van der Waals surface area contributed by atoms with Crippen LogP contribution in [0.4, 0.5) is 0 Å². The van der Waals surface area contributed by atoms with Gasteiger partial charge in [-0.05, 0) is 12.1 Å². The summed E-state index contributed by atoms with van der Waals surface area (Å²) in [6, 6.07) is 4.60. The quantitative estimate of drug-likeness (QED) is 0.782. The van der Waals surface area contributed by atoms with Crippen LogP contribution in [0.15, 0.2) is 33.4 Å². The van der Waals surface area contributed by atoms with Crippen LogP contribution in [-0.2, 0) is 4.74 Å². The summed E-state index contributed by atoms with van der Waals surface area (Å²) in [6.07, 6.45) is 1.60. The normalized spacial score (nSPS) is 18.1. The minimum atomic E-state index is -0.344. The van der Waals surface area contributed by atoms with Crippen molar-refractivity contribution in [3.63, 3.8) is 0 Å². The van der Waals surface area contributed by atoms with Crippen molar-refractivity contribution in [2.24, 2.45) is 0 Å². The van der Waals surface area contributed by atoms with Gasteiger partial charge in [0.05, 0.1) is 25.5 Å². The Morgan fingerprint density at radius 1 is 1.42 bits per heavy atom. The number of amides is 1. The molecule has 0 aliphatic carbocycles. The van der Waals surface area contributed by atoms with Gasteiger partial charge in [-0.25, -0.2) is 0 Å². The number of nitrogens with zero attached hydrogens (tertiary/aromatic N) is 2. The Hall–Kier alpha value is -2.41. The van der Waals surface area contributed by atoms with Gasteiger partial charge in [-0.2, -0.15) is 0 Å². The number of ketones is 1. The topological polar surface area (TPSA) is 85.8 Å². The molecule has 0 aromatic carbocycles. The second kappa shape index (κ2) is 7.00. The van der Waals surface area contributed by atoms with Crippen molar-refractivity contribution < 1.29 is 23.3 Å². The summed E-state index contributed by atoms with van der Waals surface area (Å²) in [5.41, 5.74) is 0.260. The van der Waals surface area contributed by atoms with Gasteiger partial charge in [0.25, 0.3) is 5.91 Å². The summed E-state index contributed by atoms with van der Waals surface area (Å²) in [6.45, 7) is 5.10. The van der Waals surface area contributed by atoms with Crippen LogP contribution >= 0.6 is 0 Å². The van der Waals surface area contributed by atoms with E-state index < -0.39 is 0 Å². The first-order valence-corrected chi connectivity index (χ1v) is 7.98. The lowest BCUT2D eigenvalue weighted by Crippen LogP contribution is -2.49. The maximum atomic E-state index is 12.7. The highest BCUT2D eigenvalue weighted by atomic mass is 16.5. The molecule has 1 atom stereocenters. The third-order valence-electron chi connectivity index (χ3n) is 4.02. The van der Waals surface area contributed by atoms with Gasteiger partial charge < -0.3 is 18.6 Å². The minimum Gasteiger partial charge on any atom is -0.461 e. The highest BCUT2D eigenvalue weighted by Crippen LogP contribution is 2.20. The Balaban J connectivity index is 1.73. The number of aromatic nitrogens is 1. The molecule has 7 nitrogen and oxygen atoms in total. The largest absolute Gasteiger partial charge is 0.461 e. The third-order valence-corrected chi connectivity index (χ3v) is 4.02. The number of hydrogen-bond donors (Lipinski definition) is 0. The first kappa shape index (κ1) is 16.4. The highest BCUT2D eigenvalue weighted by molar-refractivity contribution is 5.95. The maximum absolute atomic E-state index is 12.7. The van der Waals surface area contributed by atoms with Crippen molar-refractivity contribution in [3.8, 4) is 0 Å². The summed E-state index contributed by atoms with van der Waals surface area (Å²) in [5, 5.41) is 3.87. The lowest BCUT2D eigenvalue weighted by molar-refractivity contribution is -0.00351. The van der Waals surface area contributed by atoms with E-state index in [9.17, 15) is 9.59 Å². The van der Waals surface area contributed by atoms with Crippen LogP contribution in [0.5, 0.6) is 0 Å². The number of carbonyl (C=O) groups is 2. The number of ether oxygens (including phenoxy) is 1. The van der Waals surface area contributed by atoms with Crippen LogP contribution in [0.25, 0.3) is 0 Å². The first-order valence-electron chi connectivity index (χ1n) is 7.98. The van der Waals surface area contributed by atoms with Crippen molar-refractivity contribution >= 4 is 11.7 Å². The molecule has 1 aliphatic rings. The summed E-state index contributed by atoms with van der Waals surface area (Å²) in [7, 11) is 0. The van der Waals surface area contributed by atoms with Crippen LogP contribution in [0.3, 0.4) is 0 Å². The van der Waals surface area contributed by atoms with Gasteiger partial charge in [-0.3, -0.25) is 9.59 Å². The molecule has 0 radical (unpaired) electrons. The minimum absolute atomic E-state index is 0.147. The van der Waals surface area contributed by atoms with Crippen molar-refractivity contribution in [1.82, 2.24) is 10.1 Å². The van der Waals surface area contributed by atoms with Crippen molar-refractivity contribution in [2.45, 2.75) is 32.2 Å². The van der Waals surface area contributed by atoms with Crippen molar-refractivity contribution in [3.05, 3.63) is 41.7 Å². The summed E-state index contributed by atoms with van der Waals surface area (Å²) >= 11 is 0. The van der Waals surface area contributed by atoms with E-state index in [0.717, 1.165) is 0 Å². The summed E-state index contributed by atoms with van der Waals surface area (Å²) in [4.78, 5) is 26.6. The van der Waals surface area contributed by atoms with Gasteiger partial charge in [0.15, 0.2) is 17.2 Å². The van der Waals surface area contributed by atoms with Crippen molar-refractivity contribution in [1.29, 1.82) is 0 Å². The Labute approximate surface area is 139 Å². The molecule has 24 heavy (non-hydrogen) atoms. The van der Waals surface area contributed by atoms with Crippen LogP contribution < -0.4 is 0 Å². The molecule has 128 valence electrons. The average molecular weight is 332 g/mol. The Morgan fingerprint density at radius 2 is 2.25 bits per heavy atom. The van der Waals surface area contributed by atoms with Crippen molar-refractivity contribution in [2.75, 3.05) is 19.8 Å². The number of rotatable bonds is 5. The number of hydrogen-bond acceptors (Lipinski definition) is 6. The van der Waals surface area contributed by atoms with Crippen LogP contribution in [-0.4, -0.2) is 47.5 Å². The Bertz CT molecular complexity index is 704. The molecule has 3 rings (SSSR count). The number of Topliss-reactive ketones (excluding diaryl/α,β-unsaturated/α-hetero) is 1. The molecular weight excluding hydrogens is 312 g/mol. The molecule has 0 spiro atoms. The number of carbonyl (C=O) groups excluding carboxylic acids is 2. The van der Waals surface area contributed by atoms with Gasteiger partial charge in [-0.1, -0.05) is 19.0 Å². The summed E-state index contributed by atoms with van der Waals surface area (Å²) in [5.74, 6) is 0.703. The fraction of sp³-hybridized carbons (Fsp3) is 0.471. The monoisotopic (exact) mass is 332 g/mol. The number of furan rings is 1. The molecule has 0 bridgehead atoms. The third kappa shape index (κ3) is 3.41. The van der Waals surface area contributed by atoms with E-state index in [-0.39, 0.29) is 41.5 Å². The zero-order chi connectivity index (χ0) is 17.1. The van der Waals surface area contributed by atoms with E-state index in [1.165, 1.54) is 6.26 Å². The molecule has 0 N–H and O–H groups in total. The first-order chi connectivity index (χ1) is 11.6. The average Bonchev–Trinajstić information content (AvgIpc) is 3.26. The lowest BCUT2D eigenvalue weighted by atomic mass is 10.1. The standard InChI is InChI=1S/C17H20N2O5/c1-11(2)16-9-13(18-24-16)17(21)19-5-7-22-10-12(19)8-14(20)15-4-3-6-23-15/h3-4,6,9,11-12H,5,7-8,10H2,1-2H3. The molecule has 1 saturated heterocycles. The molecule has 3 heterocycles. The fourth-order valence-corrected chi connectivity index (χ4v) is 2.65. The van der Waals surface area contributed by atoms with E-state index >= 15 is 0 Å². The molecule has 1 aliphatic heterocycles. The van der Waals surface area contributed by atoms with Gasteiger partial charge in [-0.15, -0.1) is 0 Å². The molecule has 0 saturated carbocycles. The Morgan fingerprint density at radius 3 is 2.92 bits per heavy atom. The lowest BCUT2D eigenvalue weighted by Gasteiger charge is -2.34. The second-order valence-electron chi connectivity index (χ2n) is 6.10. The predicted octanol–water partition coefficient (Wildman–Crippen LogP) is 2.51.